The second-order valence-corrected chi connectivity index (χ2v) is 5.67. The number of nitrogens with zero attached hydrogens (tertiary/aromatic N) is 1. The maximum absolute atomic E-state index is 5.88. The molecule has 0 saturated heterocycles. The lowest BCUT2D eigenvalue weighted by molar-refractivity contribution is 0.242. The van der Waals surface area contributed by atoms with Gasteiger partial charge in [0.15, 0.2) is 5.96 Å². The van der Waals surface area contributed by atoms with Crippen LogP contribution in [0.25, 0.3) is 0 Å². The highest BCUT2D eigenvalue weighted by molar-refractivity contribution is 5.92. The molecule has 0 bridgehead atoms. The third-order valence-electron chi connectivity index (χ3n) is 3.54. The Labute approximate surface area is 121 Å². The summed E-state index contributed by atoms with van der Waals surface area (Å²) in [5.41, 5.74) is 6.81. The second kappa shape index (κ2) is 7.17. The molecular weight excluding hydrogens is 250 g/mol. The predicted molar refractivity (Wildman–Crippen MR) is 84.3 cm³/mol. The molecule has 1 fully saturated rings. The molecule has 1 saturated carbocycles. The average Bonchev–Trinajstić information content (AvgIpc) is 2.34. The van der Waals surface area contributed by atoms with Crippen molar-refractivity contribution in [2.24, 2.45) is 16.6 Å². The molecule has 0 unspecified atom stereocenters. The Morgan fingerprint density at radius 3 is 2.60 bits per heavy atom. The van der Waals surface area contributed by atoms with E-state index in [-0.39, 0.29) is 6.10 Å². The summed E-state index contributed by atoms with van der Waals surface area (Å²) >= 11 is 0. The molecule has 0 aliphatic heterocycles. The maximum Gasteiger partial charge on any atom is 0.193 e. The summed E-state index contributed by atoms with van der Waals surface area (Å²) in [6, 6.07) is 7.77. The van der Waals surface area contributed by atoms with Crippen LogP contribution >= 0.6 is 0 Å². The summed E-state index contributed by atoms with van der Waals surface area (Å²) in [6.07, 6.45) is 5.45. The first-order valence-electron chi connectivity index (χ1n) is 7.47. The van der Waals surface area contributed by atoms with Crippen molar-refractivity contribution in [3.05, 3.63) is 24.3 Å². The topological polar surface area (TPSA) is 59.6 Å². The fourth-order valence-electron chi connectivity index (χ4n) is 2.23. The van der Waals surface area contributed by atoms with E-state index in [1.165, 1.54) is 19.3 Å². The Hall–Kier alpha value is -1.71. The molecule has 2 rings (SSSR count). The number of ether oxygens (including phenoxy) is 1. The second-order valence-electron chi connectivity index (χ2n) is 5.67. The van der Waals surface area contributed by atoms with E-state index in [1.807, 2.05) is 38.1 Å². The lowest BCUT2D eigenvalue weighted by atomic mass is 9.83. The number of anilines is 1. The Kier molecular flexibility index (Phi) is 5.27. The Morgan fingerprint density at radius 1 is 1.35 bits per heavy atom. The molecule has 1 aromatic carbocycles. The average molecular weight is 275 g/mol. The lowest BCUT2D eigenvalue weighted by Gasteiger charge is -2.24. The minimum atomic E-state index is 0.187. The standard InChI is InChI=1S/C16H25N3O/c1-12(2)20-15-8-6-14(7-9-15)19-16(17)18-11-10-13-4-3-5-13/h6-9,12-13H,3-5,10-11H2,1-2H3,(H3,17,18,19). The SMILES string of the molecule is CC(C)Oc1ccc(NC(N)=NCCC2CCC2)cc1. The van der Waals surface area contributed by atoms with Gasteiger partial charge in [-0.3, -0.25) is 4.99 Å². The Bertz CT molecular complexity index is 436. The molecule has 0 heterocycles. The number of nitrogens with one attached hydrogen (secondary N) is 1. The van der Waals surface area contributed by atoms with Gasteiger partial charge in [-0.15, -0.1) is 0 Å². The van der Waals surface area contributed by atoms with Crippen LogP contribution in [0, 0.1) is 5.92 Å². The summed E-state index contributed by atoms with van der Waals surface area (Å²) in [7, 11) is 0. The van der Waals surface area contributed by atoms with Crippen molar-refractivity contribution in [1.29, 1.82) is 0 Å². The summed E-state index contributed by atoms with van der Waals surface area (Å²) < 4.78 is 5.59. The van der Waals surface area contributed by atoms with Crippen LogP contribution in [-0.2, 0) is 0 Å². The largest absolute Gasteiger partial charge is 0.491 e. The fraction of sp³-hybridized carbons (Fsp3) is 0.562. The summed E-state index contributed by atoms with van der Waals surface area (Å²) in [5, 5.41) is 3.10. The summed E-state index contributed by atoms with van der Waals surface area (Å²) in [5.74, 6) is 2.23. The van der Waals surface area contributed by atoms with Crippen LogP contribution in [0.15, 0.2) is 29.3 Å². The molecule has 4 heteroatoms. The minimum Gasteiger partial charge on any atom is -0.491 e. The van der Waals surface area contributed by atoms with E-state index in [2.05, 4.69) is 10.3 Å². The molecule has 0 atom stereocenters. The van der Waals surface area contributed by atoms with Crippen molar-refractivity contribution in [2.45, 2.75) is 45.6 Å². The van der Waals surface area contributed by atoms with Crippen LogP contribution in [0.4, 0.5) is 5.69 Å². The summed E-state index contributed by atoms with van der Waals surface area (Å²) in [4.78, 5) is 4.36. The normalized spacial score (nSPS) is 16.1. The smallest absolute Gasteiger partial charge is 0.193 e. The number of nitrogens with two attached hydrogens (primary N) is 1. The van der Waals surface area contributed by atoms with Crippen molar-refractivity contribution in [2.75, 3.05) is 11.9 Å². The first kappa shape index (κ1) is 14.7. The molecule has 4 nitrogen and oxygen atoms in total. The molecule has 0 amide bonds. The van der Waals surface area contributed by atoms with Gasteiger partial charge in [0.1, 0.15) is 5.75 Å². The highest BCUT2D eigenvalue weighted by Crippen LogP contribution is 2.29. The van der Waals surface area contributed by atoms with Gasteiger partial charge < -0.3 is 15.8 Å². The number of hydrogen-bond acceptors (Lipinski definition) is 2. The Balaban J connectivity index is 1.77. The zero-order valence-corrected chi connectivity index (χ0v) is 12.4. The van der Waals surface area contributed by atoms with Gasteiger partial charge in [-0.2, -0.15) is 0 Å². The Morgan fingerprint density at radius 2 is 2.05 bits per heavy atom. The molecule has 1 aliphatic rings. The van der Waals surface area contributed by atoms with Gasteiger partial charge in [-0.05, 0) is 50.5 Å². The lowest BCUT2D eigenvalue weighted by Crippen LogP contribution is -2.23. The zero-order chi connectivity index (χ0) is 14.4. The van der Waals surface area contributed by atoms with Crippen LogP contribution in [0.1, 0.15) is 39.5 Å². The molecule has 20 heavy (non-hydrogen) atoms. The van der Waals surface area contributed by atoms with E-state index in [1.54, 1.807) is 0 Å². The van der Waals surface area contributed by atoms with E-state index in [4.69, 9.17) is 10.5 Å². The van der Waals surface area contributed by atoms with Crippen molar-refractivity contribution in [3.63, 3.8) is 0 Å². The molecule has 110 valence electrons. The predicted octanol–water partition coefficient (Wildman–Crippen LogP) is 3.39. The number of guanidine groups is 1. The molecule has 1 aromatic rings. The van der Waals surface area contributed by atoms with Crippen LogP contribution in [0.3, 0.4) is 0 Å². The maximum atomic E-state index is 5.88. The first-order valence-corrected chi connectivity index (χ1v) is 7.47. The van der Waals surface area contributed by atoms with Crippen LogP contribution in [0.2, 0.25) is 0 Å². The number of benzene rings is 1. The van der Waals surface area contributed by atoms with Crippen molar-refractivity contribution >= 4 is 11.6 Å². The third-order valence-corrected chi connectivity index (χ3v) is 3.54. The molecule has 1 aliphatic carbocycles. The van der Waals surface area contributed by atoms with Crippen LogP contribution < -0.4 is 15.8 Å². The van der Waals surface area contributed by atoms with Crippen molar-refractivity contribution in [1.82, 2.24) is 0 Å². The third kappa shape index (κ3) is 4.76. The number of aliphatic imine (C=N–C) groups is 1. The minimum absolute atomic E-state index is 0.187. The van der Waals surface area contributed by atoms with Gasteiger partial charge in [-0.25, -0.2) is 0 Å². The molecule has 0 aromatic heterocycles. The van der Waals surface area contributed by atoms with Crippen LogP contribution in [0.5, 0.6) is 5.75 Å². The molecule has 3 N–H and O–H groups in total. The van der Waals surface area contributed by atoms with Gasteiger partial charge in [0.05, 0.1) is 6.10 Å². The van der Waals surface area contributed by atoms with Crippen LogP contribution in [-0.4, -0.2) is 18.6 Å². The van der Waals surface area contributed by atoms with Crippen molar-refractivity contribution < 1.29 is 4.74 Å². The summed E-state index contributed by atoms with van der Waals surface area (Å²) in [6.45, 7) is 4.84. The molecular formula is C16H25N3O. The van der Waals surface area contributed by atoms with E-state index < -0.39 is 0 Å². The fourth-order valence-corrected chi connectivity index (χ4v) is 2.23. The highest BCUT2D eigenvalue weighted by Gasteiger charge is 2.16. The van der Waals surface area contributed by atoms with Gasteiger partial charge in [0.25, 0.3) is 0 Å². The highest BCUT2D eigenvalue weighted by atomic mass is 16.5. The molecule has 0 spiro atoms. The van der Waals surface area contributed by atoms with E-state index >= 15 is 0 Å². The quantitative estimate of drug-likeness (QED) is 0.618. The number of rotatable bonds is 6. The van der Waals surface area contributed by atoms with Gasteiger partial charge >= 0.3 is 0 Å². The number of hydrogen-bond donors (Lipinski definition) is 2. The van der Waals surface area contributed by atoms with E-state index in [0.29, 0.717) is 5.96 Å². The van der Waals surface area contributed by atoms with E-state index in [9.17, 15) is 0 Å². The van der Waals surface area contributed by atoms with Gasteiger partial charge in [0.2, 0.25) is 0 Å². The van der Waals surface area contributed by atoms with Gasteiger partial charge in [0, 0.05) is 12.2 Å². The van der Waals surface area contributed by atoms with E-state index in [0.717, 1.165) is 30.3 Å². The first-order chi connectivity index (χ1) is 9.63. The van der Waals surface area contributed by atoms with Gasteiger partial charge in [-0.1, -0.05) is 19.3 Å². The zero-order valence-electron chi connectivity index (χ0n) is 12.4. The van der Waals surface area contributed by atoms with Crippen molar-refractivity contribution in [3.8, 4) is 5.75 Å². The monoisotopic (exact) mass is 275 g/mol. The molecule has 0 radical (unpaired) electrons.